The molecule has 1 heterocycles. The van der Waals surface area contributed by atoms with E-state index >= 15 is 0 Å². The van der Waals surface area contributed by atoms with Gasteiger partial charge in [-0.2, -0.15) is 0 Å². The Hall–Kier alpha value is -2.36. The van der Waals surface area contributed by atoms with E-state index < -0.39 is 5.91 Å². The number of aryl methyl sites for hydroxylation is 1. The standard InChI is InChI=1S/C14H15N3O/c1-10-5-6-11(8-16-10)9-17-13-4-2-3-12(7-13)14(15)18/h2-8,17H,9H2,1H3,(H2,15,18). The van der Waals surface area contributed by atoms with Gasteiger partial charge < -0.3 is 11.1 Å². The van der Waals surface area contributed by atoms with Crippen LogP contribution in [0, 0.1) is 6.92 Å². The maximum Gasteiger partial charge on any atom is 0.248 e. The summed E-state index contributed by atoms with van der Waals surface area (Å²) in [6.07, 6.45) is 1.83. The van der Waals surface area contributed by atoms with Crippen LogP contribution in [-0.2, 0) is 6.54 Å². The molecule has 4 heteroatoms. The Labute approximate surface area is 106 Å². The third kappa shape index (κ3) is 3.07. The molecule has 1 aromatic heterocycles. The Kier molecular flexibility index (Phi) is 3.57. The molecule has 0 aliphatic carbocycles. The number of aromatic nitrogens is 1. The van der Waals surface area contributed by atoms with Crippen LogP contribution < -0.4 is 11.1 Å². The third-order valence-electron chi connectivity index (χ3n) is 2.62. The summed E-state index contributed by atoms with van der Waals surface area (Å²) in [5, 5.41) is 3.23. The van der Waals surface area contributed by atoms with Gasteiger partial charge in [0.05, 0.1) is 0 Å². The van der Waals surface area contributed by atoms with Crippen molar-refractivity contribution in [3.05, 3.63) is 59.4 Å². The number of anilines is 1. The number of hydrogen-bond donors (Lipinski definition) is 2. The zero-order valence-corrected chi connectivity index (χ0v) is 10.2. The second kappa shape index (κ2) is 5.31. The van der Waals surface area contributed by atoms with E-state index in [4.69, 9.17) is 5.73 Å². The highest BCUT2D eigenvalue weighted by Gasteiger charge is 2.01. The molecule has 0 atom stereocenters. The van der Waals surface area contributed by atoms with Gasteiger partial charge >= 0.3 is 0 Å². The van der Waals surface area contributed by atoms with Gasteiger partial charge in [-0.25, -0.2) is 0 Å². The van der Waals surface area contributed by atoms with E-state index in [9.17, 15) is 4.79 Å². The van der Waals surface area contributed by atoms with Crippen molar-refractivity contribution in [3.63, 3.8) is 0 Å². The Balaban J connectivity index is 2.04. The lowest BCUT2D eigenvalue weighted by molar-refractivity contribution is 0.100. The first-order chi connectivity index (χ1) is 8.65. The summed E-state index contributed by atoms with van der Waals surface area (Å²) in [5.74, 6) is -0.421. The summed E-state index contributed by atoms with van der Waals surface area (Å²) < 4.78 is 0. The molecule has 2 rings (SSSR count). The van der Waals surface area contributed by atoms with E-state index in [1.54, 1.807) is 18.2 Å². The molecule has 0 spiro atoms. The molecule has 0 unspecified atom stereocenters. The van der Waals surface area contributed by atoms with Crippen LogP contribution in [0.4, 0.5) is 5.69 Å². The van der Waals surface area contributed by atoms with Crippen molar-refractivity contribution in [3.8, 4) is 0 Å². The van der Waals surface area contributed by atoms with Crippen molar-refractivity contribution in [1.82, 2.24) is 4.98 Å². The lowest BCUT2D eigenvalue weighted by atomic mass is 10.2. The van der Waals surface area contributed by atoms with Gasteiger partial charge in [-0.15, -0.1) is 0 Å². The minimum Gasteiger partial charge on any atom is -0.381 e. The Morgan fingerprint density at radius 3 is 2.83 bits per heavy atom. The maximum atomic E-state index is 11.0. The van der Waals surface area contributed by atoms with Crippen LogP contribution in [0.3, 0.4) is 0 Å². The normalized spacial score (nSPS) is 10.1. The lowest BCUT2D eigenvalue weighted by Gasteiger charge is -2.07. The number of primary amides is 1. The van der Waals surface area contributed by atoms with Gasteiger partial charge in [0.1, 0.15) is 0 Å². The molecule has 1 aromatic carbocycles. The van der Waals surface area contributed by atoms with Crippen molar-refractivity contribution in [2.24, 2.45) is 5.73 Å². The van der Waals surface area contributed by atoms with Crippen LogP contribution in [0.15, 0.2) is 42.6 Å². The number of nitrogens with zero attached hydrogens (tertiary/aromatic N) is 1. The highest BCUT2D eigenvalue weighted by molar-refractivity contribution is 5.93. The monoisotopic (exact) mass is 241 g/mol. The second-order valence-electron chi connectivity index (χ2n) is 4.11. The number of hydrogen-bond acceptors (Lipinski definition) is 3. The van der Waals surface area contributed by atoms with Crippen LogP contribution in [0.25, 0.3) is 0 Å². The quantitative estimate of drug-likeness (QED) is 0.861. The van der Waals surface area contributed by atoms with E-state index in [-0.39, 0.29) is 0 Å². The summed E-state index contributed by atoms with van der Waals surface area (Å²) in [7, 11) is 0. The Morgan fingerprint density at radius 2 is 2.17 bits per heavy atom. The van der Waals surface area contributed by atoms with Gasteiger partial charge in [-0.1, -0.05) is 12.1 Å². The molecule has 0 saturated heterocycles. The van der Waals surface area contributed by atoms with Crippen LogP contribution in [0.5, 0.6) is 0 Å². The molecule has 4 nitrogen and oxygen atoms in total. The van der Waals surface area contributed by atoms with Gasteiger partial charge in [0.2, 0.25) is 5.91 Å². The van der Waals surface area contributed by atoms with Gasteiger partial charge in [0, 0.05) is 29.7 Å². The molecule has 1 amide bonds. The largest absolute Gasteiger partial charge is 0.381 e. The van der Waals surface area contributed by atoms with Gasteiger partial charge in [0.15, 0.2) is 0 Å². The number of nitrogens with one attached hydrogen (secondary N) is 1. The van der Waals surface area contributed by atoms with Crippen LogP contribution >= 0.6 is 0 Å². The van der Waals surface area contributed by atoms with Gasteiger partial charge in [-0.05, 0) is 36.8 Å². The minimum absolute atomic E-state index is 0.421. The first kappa shape index (κ1) is 12.1. The van der Waals surface area contributed by atoms with Crippen molar-refractivity contribution in [1.29, 1.82) is 0 Å². The van der Waals surface area contributed by atoms with Gasteiger partial charge in [0.25, 0.3) is 0 Å². The molecular weight excluding hydrogens is 226 g/mol. The van der Waals surface area contributed by atoms with Crippen molar-refractivity contribution in [2.45, 2.75) is 13.5 Å². The predicted molar refractivity (Wildman–Crippen MR) is 71.3 cm³/mol. The van der Waals surface area contributed by atoms with Gasteiger partial charge in [-0.3, -0.25) is 9.78 Å². The van der Waals surface area contributed by atoms with E-state index in [0.29, 0.717) is 12.1 Å². The number of carbonyl (C=O) groups is 1. The predicted octanol–water partition coefficient (Wildman–Crippen LogP) is 2.10. The van der Waals surface area contributed by atoms with E-state index in [1.165, 1.54) is 0 Å². The molecule has 2 aromatic rings. The molecule has 0 aliphatic rings. The molecule has 0 saturated carbocycles. The number of amides is 1. The molecular formula is C14H15N3O. The molecule has 3 N–H and O–H groups in total. The topological polar surface area (TPSA) is 68.0 Å². The zero-order valence-electron chi connectivity index (χ0n) is 10.2. The first-order valence-electron chi connectivity index (χ1n) is 5.70. The fraction of sp³-hybridized carbons (Fsp3) is 0.143. The number of nitrogens with two attached hydrogens (primary N) is 1. The SMILES string of the molecule is Cc1ccc(CNc2cccc(C(N)=O)c2)cn1. The molecule has 0 fully saturated rings. The molecule has 0 radical (unpaired) electrons. The maximum absolute atomic E-state index is 11.0. The van der Waals surface area contributed by atoms with Crippen molar-refractivity contribution < 1.29 is 4.79 Å². The average Bonchev–Trinajstić information content (AvgIpc) is 2.38. The van der Waals surface area contributed by atoms with E-state index in [2.05, 4.69) is 10.3 Å². The summed E-state index contributed by atoms with van der Waals surface area (Å²) in [6, 6.07) is 11.1. The average molecular weight is 241 g/mol. The van der Waals surface area contributed by atoms with Crippen molar-refractivity contribution in [2.75, 3.05) is 5.32 Å². The summed E-state index contributed by atoms with van der Waals surface area (Å²) >= 11 is 0. The summed E-state index contributed by atoms with van der Waals surface area (Å²) in [4.78, 5) is 15.3. The van der Waals surface area contributed by atoms with Crippen LogP contribution in [0.1, 0.15) is 21.6 Å². The second-order valence-corrected chi connectivity index (χ2v) is 4.11. The van der Waals surface area contributed by atoms with Crippen molar-refractivity contribution >= 4 is 11.6 Å². The zero-order chi connectivity index (χ0) is 13.0. The molecule has 0 aliphatic heterocycles. The molecule has 18 heavy (non-hydrogen) atoms. The van der Waals surface area contributed by atoms with E-state index in [1.807, 2.05) is 31.3 Å². The summed E-state index contributed by atoms with van der Waals surface area (Å²) in [6.45, 7) is 2.61. The lowest BCUT2D eigenvalue weighted by Crippen LogP contribution is -2.11. The smallest absolute Gasteiger partial charge is 0.248 e. The molecule has 92 valence electrons. The fourth-order valence-electron chi connectivity index (χ4n) is 1.59. The van der Waals surface area contributed by atoms with Crippen LogP contribution in [-0.4, -0.2) is 10.9 Å². The Morgan fingerprint density at radius 1 is 1.33 bits per heavy atom. The number of benzene rings is 1. The number of rotatable bonds is 4. The number of pyridine rings is 1. The molecule has 0 bridgehead atoms. The van der Waals surface area contributed by atoms with E-state index in [0.717, 1.165) is 16.9 Å². The number of carbonyl (C=O) groups excluding carboxylic acids is 1. The minimum atomic E-state index is -0.421. The fourth-order valence-corrected chi connectivity index (χ4v) is 1.59. The highest BCUT2D eigenvalue weighted by Crippen LogP contribution is 2.11. The first-order valence-corrected chi connectivity index (χ1v) is 5.70. The third-order valence-corrected chi connectivity index (χ3v) is 2.62. The van der Waals surface area contributed by atoms with Crippen LogP contribution in [0.2, 0.25) is 0 Å². The highest BCUT2D eigenvalue weighted by atomic mass is 16.1. The summed E-state index contributed by atoms with van der Waals surface area (Å²) in [5.41, 5.74) is 8.68. The Bertz CT molecular complexity index is 549.